The van der Waals surface area contributed by atoms with Gasteiger partial charge < -0.3 is 14.7 Å². The van der Waals surface area contributed by atoms with Gasteiger partial charge in [0.15, 0.2) is 0 Å². The standard InChI is InChI=1S/C25H28F6N2O3S/c1-24(2,23(34)35)14-36-20-12-21-19(11-18(20)25(29,30)31)33(16-9-7-15(26)8-10-16)13-17(32(3)37-21)5-4-6-22(27)28/h7-12,17,22H,4-6,13-14H2,1-3H3,(H,34,35)/t17-/m0/s1. The number of halogens is 6. The maximum Gasteiger partial charge on any atom is 0.420 e. The summed E-state index contributed by atoms with van der Waals surface area (Å²) in [6.07, 6.45) is -6.99. The molecule has 1 atom stereocenters. The van der Waals surface area contributed by atoms with E-state index in [1.165, 1.54) is 44.2 Å². The first kappa shape index (κ1) is 29.0. The highest BCUT2D eigenvalue weighted by Crippen LogP contribution is 2.47. The predicted molar refractivity (Wildman–Crippen MR) is 129 cm³/mol. The largest absolute Gasteiger partial charge is 0.492 e. The Morgan fingerprint density at radius 1 is 1.19 bits per heavy atom. The summed E-state index contributed by atoms with van der Waals surface area (Å²) in [5.41, 5.74) is -1.89. The van der Waals surface area contributed by atoms with Crippen LogP contribution in [0, 0.1) is 11.2 Å². The van der Waals surface area contributed by atoms with Gasteiger partial charge in [0, 0.05) is 24.7 Å². The lowest BCUT2D eigenvalue weighted by molar-refractivity contribution is -0.148. The molecule has 2 aromatic carbocycles. The second-order valence-electron chi connectivity index (χ2n) is 9.49. The number of likely N-dealkylation sites (N-methyl/N-ethyl adjacent to an activating group) is 1. The molecular formula is C25H28F6N2O3S. The molecule has 5 nitrogen and oxygen atoms in total. The van der Waals surface area contributed by atoms with E-state index in [-0.39, 0.29) is 31.1 Å². The molecule has 0 saturated heterocycles. The number of anilines is 2. The van der Waals surface area contributed by atoms with Crippen molar-refractivity contribution in [2.75, 3.05) is 25.1 Å². The zero-order valence-electron chi connectivity index (χ0n) is 20.5. The number of ether oxygens (including phenoxy) is 1. The van der Waals surface area contributed by atoms with Crippen LogP contribution in [0.5, 0.6) is 5.75 Å². The summed E-state index contributed by atoms with van der Waals surface area (Å²) in [4.78, 5) is 13.4. The molecule has 1 N–H and O–H groups in total. The van der Waals surface area contributed by atoms with Gasteiger partial charge in [-0.15, -0.1) is 0 Å². The first-order chi connectivity index (χ1) is 17.2. The Bertz CT molecular complexity index is 1100. The van der Waals surface area contributed by atoms with Crippen LogP contribution in [-0.2, 0) is 11.0 Å². The topological polar surface area (TPSA) is 53.0 Å². The number of hydrogen-bond acceptors (Lipinski definition) is 5. The van der Waals surface area contributed by atoms with Crippen LogP contribution >= 0.6 is 11.9 Å². The van der Waals surface area contributed by atoms with Crippen molar-refractivity contribution in [3.8, 4) is 5.75 Å². The van der Waals surface area contributed by atoms with Gasteiger partial charge in [-0.05, 0) is 82.1 Å². The highest BCUT2D eigenvalue weighted by atomic mass is 32.2. The molecule has 0 saturated carbocycles. The first-order valence-electron chi connectivity index (χ1n) is 11.5. The predicted octanol–water partition coefficient (Wildman–Crippen LogP) is 7.23. The van der Waals surface area contributed by atoms with E-state index >= 15 is 0 Å². The Hall–Kier alpha value is -2.60. The summed E-state index contributed by atoms with van der Waals surface area (Å²) in [7, 11) is 1.72. The Morgan fingerprint density at radius 3 is 2.41 bits per heavy atom. The van der Waals surface area contributed by atoms with Crippen molar-refractivity contribution in [3.63, 3.8) is 0 Å². The van der Waals surface area contributed by atoms with Gasteiger partial charge >= 0.3 is 12.1 Å². The van der Waals surface area contributed by atoms with Gasteiger partial charge in [-0.2, -0.15) is 13.2 Å². The molecule has 0 spiro atoms. The molecule has 0 unspecified atom stereocenters. The SMILES string of the molecule is CN1Sc2cc(OCC(C)(C)C(=O)O)c(C(F)(F)F)cc2N(c2ccc(F)cc2)C[C@@H]1CCCC(F)F. The van der Waals surface area contributed by atoms with Gasteiger partial charge in [-0.1, -0.05) is 0 Å². The Kier molecular flexibility index (Phi) is 8.94. The van der Waals surface area contributed by atoms with Gasteiger partial charge in [0.25, 0.3) is 0 Å². The molecular weight excluding hydrogens is 522 g/mol. The quantitative estimate of drug-likeness (QED) is 0.263. The third kappa shape index (κ3) is 7.25. The van der Waals surface area contributed by atoms with Crippen LogP contribution < -0.4 is 9.64 Å². The third-order valence-corrected chi connectivity index (χ3v) is 7.18. The number of aliphatic carboxylic acids is 1. The van der Waals surface area contributed by atoms with Crippen molar-refractivity contribution < 1.29 is 41.0 Å². The number of fused-ring (bicyclic) bond motifs is 1. The summed E-state index contributed by atoms with van der Waals surface area (Å²) in [6.45, 7) is 2.36. The highest BCUT2D eigenvalue weighted by molar-refractivity contribution is 7.97. The summed E-state index contributed by atoms with van der Waals surface area (Å²) < 4.78 is 88.7. The lowest BCUT2D eigenvalue weighted by Gasteiger charge is -2.30. The molecule has 0 aromatic heterocycles. The normalized spacial score (nSPS) is 17.0. The number of nitrogens with zero attached hydrogens (tertiary/aromatic N) is 2. The molecule has 0 radical (unpaired) electrons. The lowest BCUT2D eigenvalue weighted by Crippen LogP contribution is -2.35. The van der Waals surface area contributed by atoms with E-state index in [1.807, 2.05) is 0 Å². The number of carbonyl (C=O) groups is 1. The van der Waals surface area contributed by atoms with Gasteiger partial charge in [0.05, 0.1) is 21.6 Å². The van der Waals surface area contributed by atoms with Crippen LogP contribution in [0.25, 0.3) is 0 Å². The lowest BCUT2D eigenvalue weighted by atomic mass is 9.95. The van der Waals surface area contributed by atoms with Crippen LogP contribution in [-0.4, -0.2) is 48.0 Å². The molecule has 2 aromatic rings. The van der Waals surface area contributed by atoms with Crippen molar-refractivity contribution in [2.24, 2.45) is 5.41 Å². The molecule has 0 fully saturated rings. The van der Waals surface area contributed by atoms with Gasteiger partial charge in [-0.25, -0.2) is 17.5 Å². The first-order valence-corrected chi connectivity index (χ1v) is 12.3. The molecule has 0 amide bonds. The molecule has 1 aliphatic heterocycles. The second-order valence-corrected chi connectivity index (χ2v) is 10.7. The van der Waals surface area contributed by atoms with Crippen molar-refractivity contribution in [2.45, 2.75) is 56.6 Å². The fourth-order valence-electron chi connectivity index (χ4n) is 3.79. The zero-order chi connectivity index (χ0) is 27.5. The van der Waals surface area contributed by atoms with E-state index in [2.05, 4.69) is 0 Å². The molecule has 0 bridgehead atoms. The van der Waals surface area contributed by atoms with Crippen molar-refractivity contribution in [1.82, 2.24) is 4.31 Å². The molecule has 1 heterocycles. The van der Waals surface area contributed by atoms with E-state index in [1.54, 1.807) is 16.3 Å². The van der Waals surface area contributed by atoms with Gasteiger partial charge in [0.1, 0.15) is 18.2 Å². The number of carboxylic acids is 1. The molecule has 1 aliphatic rings. The Morgan fingerprint density at radius 2 is 1.84 bits per heavy atom. The molecule has 204 valence electrons. The maximum absolute atomic E-state index is 14.1. The minimum absolute atomic E-state index is 0.176. The number of alkyl halides is 5. The van der Waals surface area contributed by atoms with Crippen molar-refractivity contribution >= 4 is 29.3 Å². The van der Waals surface area contributed by atoms with E-state index < -0.39 is 47.7 Å². The van der Waals surface area contributed by atoms with E-state index in [0.717, 1.165) is 18.0 Å². The van der Waals surface area contributed by atoms with Gasteiger partial charge in [0.2, 0.25) is 6.43 Å². The van der Waals surface area contributed by atoms with Crippen LogP contribution in [0.3, 0.4) is 0 Å². The average molecular weight is 551 g/mol. The van der Waals surface area contributed by atoms with Gasteiger partial charge in [-0.3, -0.25) is 4.79 Å². The second kappa shape index (κ2) is 11.4. The summed E-state index contributed by atoms with van der Waals surface area (Å²) >= 11 is 1.14. The molecule has 37 heavy (non-hydrogen) atoms. The van der Waals surface area contributed by atoms with E-state index in [4.69, 9.17) is 4.74 Å². The summed E-state index contributed by atoms with van der Waals surface area (Å²) in [5.74, 6) is -2.25. The summed E-state index contributed by atoms with van der Waals surface area (Å²) in [6, 6.07) is 7.11. The van der Waals surface area contributed by atoms with E-state index in [0.29, 0.717) is 17.0 Å². The van der Waals surface area contributed by atoms with Crippen molar-refractivity contribution in [3.05, 3.63) is 47.8 Å². The maximum atomic E-state index is 14.1. The average Bonchev–Trinajstić information content (AvgIpc) is 2.92. The minimum Gasteiger partial charge on any atom is -0.492 e. The Labute approximate surface area is 215 Å². The van der Waals surface area contributed by atoms with Crippen LogP contribution in [0.1, 0.15) is 38.7 Å². The molecule has 12 heteroatoms. The fraction of sp³-hybridized carbons (Fsp3) is 0.480. The van der Waals surface area contributed by atoms with E-state index in [9.17, 15) is 36.2 Å². The third-order valence-electron chi connectivity index (χ3n) is 6.07. The Balaban J connectivity index is 2.08. The smallest absolute Gasteiger partial charge is 0.420 e. The van der Waals surface area contributed by atoms with Crippen LogP contribution in [0.2, 0.25) is 0 Å². The monoisotopic (exact) mass is 550 g/mol. The van der Waals surface area contributed by atoms with Crippen molar-refractivity contribution in [1.29, 1.82) is 0 Å². The number of rotatable bonds is 9. The van der Waals surface area contributed by atoms with Crippen LogP contribution in [0.15, 0.2) is 41.3 Å². The summed E-state index contributed by atoms with van der Waals surface area (Å²) in [5, 5.41) is 9.33. The fourth-order valence-corrected chi connectivity index (χ4v) is 4.85. The molecule has 3 rings (SSSR count). The van der Waals surface area contributed by atoms with Crippen LogP contribution in [0.4, 0.5) is 37.7 Å². The highest BCUT2D eigenvalue weighted by Gasteiger charge is 2.39. The number of hydrogen-bond donors (Lipinski definition) is 1. The zero-order valence-corrected chi connectivity index (χ0v) is 21.3. The number of carboxylic acid groups (broad SMARTS) is 1. The molecule has 0 aliphatic carbocycles. The minimum atomic E-state index is -4.81. The number of benzene rings is 2.